The van der Waals surface area contributed by atoms with E-state index in [1.165, 1.54) is 6.20 Å². The van der Waals surface area contributed by atoms with E-state index in [0.29, 0.717) is 6.54 Å². The fourth-order valence-corrected chi connectivity index (χ4v) is 2.19. The van der Waals surface area contributed by atoms with E-state index in [0.717, 1.165) is 22.3 Å². The van der Waals surface area contributed by atoms with Crippen LogP contribution in [-0.2, 0) is 6.54 Å². The Bertz CT molecular complexity index is 810. The van der Waals surface area contributed by atoms with Crippen LogP contribution in [0.15, 0.2) is 53.6 Å². The Morgan fingerprint density at radius 2 is 2.10 bits per heavy atom. The van der Waals surface area contributed by atoms with Gasteiger partial charge in [0.25, 0.3) is 0 Å². The normalized spacial score (nSPS) is 10.7. The Balaban J connectivity index is 2.10. The number of nitrogens with one attached hydrogen (secondary N) is 1. The lowest BCUT2D eigenvalue weighted by Crippen LogP contribution is -2.22. The number of rotatable bonds is 3. The lowest BCUT2D eigenvalue weighted by atomic mass is 10.1. The fourth-order valence-electron chi connectivity index (χ4n) is 2.19. The van der Waals surface area contributed by atoms with Crippen molar-refractivity contribution < 1.29 is 0 Å². The van der Waals surface area contributed by atoms with E-state index >= 15 is 0 Å². The Labute approximate surface area is 115 Å². The number of benzene rings is 1. The highest BCUT2D eigenvalue weighted by Gasteiger charge is 2.07. The average molecular weight is 266 g/mol. The maximum Gasteiger partial charge on any atom is 0.347 e. The monoisotopic (exact) mass is 266 g/mol. The maximum atomic E-state index is 11.7. The number of anilines is 1. The third-order valence-electron chi connectivity index (χ3n) is 3.16. The van der Waals surface area contributed by atoms with Gasteiger partial charge in [-0.3, -0.25) is 4.57 Å². The van der Waals surface area contributed by atoms with Crippen molar-refractivity contribution in [2.24, 2.45) is 0 Å². The number of aromatic nitrogens is 3. The summed E-state index contributed by atoms with van der Waals surface area (Å²) in [5.74, 6) is 0.777. The largest absolute Gasteiger partial charge is 0.373 e. The lowest BCUT2D eigenvalue weighted by Gasteiger charge is -2.11. The SMILES string of the molecule is CNc1nc2ccccc2cc1Cn1cccnc1=O. The first kappa shape index (κ1) is 12.3. The van der Waals surface area contributed by atoms with Crippen LogP contribution < -0.4 is 11.0 Å². The van der Waals surface area contributed by atoms with E-state index in [1.807, 2.05) is 37.4 Å². The molecule has 2 heterocycles. The van der Waals surface area contributed by atoms with Crippen molar-refractivity contribution in [3.8, 4) is 0 Å². The number of pyridine rings is 1. The molecule has 20 heavy (non-hydrogen) atoms. The smallest absolute Gasteiger partial charge is 0.347 e. The van der Waals surface area contributed by atoms with Gasteiger partial charge in [-0.15, -0.1) is 0 Å². The van der Waals surface area contributed by atoms with E-state index in [9.17, 15) is 4.79 Å². The minimum absolute atomic E-state index is 0.261. The quantitative estimate of drug-likeness (QED) is 0.786. The van der Waals surface area contributed by atoms with Crippen molar-refractivity contribution in [3.63, 3.8) is 0 Å². The van der Waals surface area contributed by atoms with Gasteiger partial charge in [0.15, 0.2) is 0 Å². The van der Waals surface area contributed by atoms with Crippen LogP contribution in [0.1, 0.15) is 5.56 Å². The molecule has 5 heteroatoms. The summed E-state index contributed by atoms with van der Waals surface area (Å²) in [6, 6.07) is 11.7. The van der Waals surface area contributed by atoms with Crippen molar-refractivity contribution in [3.05, 3.63) is 64.8 Å². The van der Waals surface area contributed by atoms with Gasteiger partial charge < -0.3 is 5.32 Å². The lowest BCUT2D eigenvalue weighted by molar-refractivity contribution is 0.727. The van der Waals surface area contributed by atoms with Gasteiger partial charge in [-0.2, -0.15) is 0 Å². The molecule has 0 saturated heterocycles. The van der Waals surface area contributed by atoms with Gasteiger partial charge in [0.05, 0.1) is 12.1 Å². The summed E-state index contributed by atoms with van der Waals surface area (Å²) in [5, 5.41) is 4.13. The van der Waals surface area contributed by atoms with Crippen molar-refractivity contribution in [1.29, 1.82) is 0 Å². The standard InChI is InChI=1S/C15H14N4O/c1-16-14-12(10-19-8-4-7-17-15(19)20)9-11-5-2-3-6-13(11)18-14/h2-9H,10H2,1H3,(H,16,18). The molecule has 3 rings (SSSR count). The number of nitrogens with zero attached hydrogens (tertiary/aromatic N) is 3. The molecule has 0 aliphatic carbocycles. The predicted molar refractivity (Wildman–Crippen MR) is 78.9 cm³/mol. The van der Waals surface area contributed by atoms with Crippen LogP contribution in [0.5, 0.6) is 0 Å². The van der Waals surface area contributed by atoms with Gasteiger partial charge in [-0.25, -0.2) is 14.8 Å². The van der Waals surface area contributed by atoms with Crippen molar-refractivity contribution >= 4 is 16.7 Å². The molecule has 0 aliphatic rings. The van der Waals surface area contributed by atoms with Crippen molar-refractivity contribution in [1.82, 2.24) is 14.5 Å². The van der Waals surface area contributed by atoms with Gasteiger partial charge >= 0.3 is 5.69 Å². The summed E-state index contributed by atoms with van der Waals surface area (Å²) < 4.78 is 1.56. The summed E-state index contributed by atoms with van der Waals surface area (Å²) >= 11 is 0. The molecule has 0 atom stereocenters. The first-order chi connectivity index (χ1) is 9.78. The molecule has 0 bridgehead atoms. The molecule has 0 spiro atoms. The van der Waals surface area contributed by atoms with Crippen LogP contribution in [0.4, 0.5) is 5.82 Å². The maximum absolute atomic E-state index is 11.7. The molecule has 0 aliphatic heterocycles. The van der Waals surface area contributed by atoms with Crippen molar-refractivity contribution in [2.45, 2.75) is 6.54 Å². The van der Waals surface area contributed by atoms with E-state index < -0.39 is 0 Å². The van der Waals surface area contributed by atoms with Gasteiger partial charge in [0, 0.05) is 30.4 Å². The summed E-state index contributed by atoms with van der Waals surface area (Å²) in [6.07, 6.45) is 3.22. The number of hydrogen-bond acceptors (Lipinski definition) is 4. The molecule has 5 nitrogen and oxygen atoms in total. The third-order valence-corrected chi connectivity index (χ3v) is 3.16. The average Bonchev–Trinajstić information content (AvgIpc) is 2.49. The summed E-state index contributed by atoms with van der Waals surface area (Å²) in [5.41, 5.74) is 1.63. The molecule has 0 saturated carbocycles. The van der Waals surface area contributed by atoms with Gasteiger partial charge in [-0.05, 0) is 18.2 Å². The molecule has 0 unspecified atom stereocenters. The molecule has 3 aromatic rings. The topological polar surface area (TPSA) is 59.8 Å². The Morgan fingerprint density at radius 1 is 1.25 bits per heavy atom. The van der Waals surface area contributed by atoms with Crippen LogP contribution in [-0.4, -0.2) is 21.6 Å². The van der Waals surface area contributed by atoms with Crippen molar-refractivity contribution in [2.75, 3.05) is 12.4 Å². The first-order valence-electron chi connectivity index (χ1n) is 6.36. The molecule has 0 fully saturated rings. The van der Waals surface area contributed by atoms with Crippen LogP contribution in [0.25, 0.3) is 10.9 Å². The van der Waals surface area contributed by atoms with Crippen LogP contribution in [0.3, 0.4) is 0 Å². The molecule has 0 radical (unpaired) electrons. The summed E-state index contributed by atoms with van der Waals surface area (Å²) in [4.78, 5) is 20.0. The summed E-state index contributed by atoms with van der Waals surface area (Å²) in [7, 11) is 1.83. The summed E-state index contributed by atoms with van der Waals surface area (Å²) in [6.45, 7) is 0.445. The van der Waals surface area contributed by atoms with E-state index in [2.05, 4.69) is 15.3 Å². The number of fused-ring (bicyclic) bond motifs is 1. The van der Waals surface area contributed by atoms with E-state index in [-0.39, 0.29) is 5.69 Å². The second-order valence-electron chi connectivity index (χ2n) is 4.47. The molecule has 100 valence electrons. The predicted octanol–water partition coefficient (Wildman–Crippen LogP) is 1.88. The molecular formula is C15H14N4O. The van der Waals surface area contributed by atoms with E-state index in [1.54, 1.807) is 16.8 Å². The zero-order valence-corrected chi connectivity index (χ0v) is 11.1. The van der Waals surface area contributed by atoms with Crippen LogP contribution in [0, 0.1) is 0 Å². The van der Waals surface area contributed by atoms with Gasteiger partial charge in [-0.1, -0.05) is 18.2 Å². The number of hydrogen-bond donors (Lipinski definition) is 1. The Morgan fingerprint density at radius 3 is 2.90 bits per heavy atom. The molecular weight excluding hydrogens is 252 g/mol. The Hall–Kier alpha value is -2.69. The minimum Gasteiger partial charge on any atom is -0.373 e. The highest BCUT2D eigenvalue weighted by molar-refractivity contribution is 5.81. The zero-order valence-electron chi connectivity index (χ0n) is 11.1. The minimum atomic E-state index is -0.261. The highest BCUT2D eigenvalue weighted by Crippen LogP contribution is 2.20. The fraction of sp³-hybridized carbons (Fsp3) is 0.133. The second-order valence-corrected chi connectivity index (χ2v) is 4.47. The van der Waals surface area contributed by atoms with E-state index in [4.69, 9.17) is 0 Å². The van der Waals surface area contributed by atoms with Crippen LogP contribution >= 0.6 is 0 Å². The van der Waals surface area contributed by atoms with Crippen LogP contribution in [0.2, 0.25) is 0 Å². The van der Waals surface area contributed by atoms with Gasteiger partial charge in [0.1, 0.15) is 5.82 Å². The highest BCUT2D eigenvalue weighted by atomic mass is 16.1. The molecule has 0 amide bonds. The van der Waals surface area contributed by atoms with Gasteiger partial charge in [0.2, 0.25) is 0 Å². The Kier molecular flexibility index (Phi) is 3.16. The zero-order chi connectivity index (χ0) is 13.9. The molecule has 2 aromatic heterocycles. The third kappa shape index (κ3) is 2.25. The number of para-hydroxylation sites is 1. The second kappa shape index (κ2) is 5.13. The molecule has 1 N–H and O–H groups in total. The first-order valence-corrected chi connectivity index (χ1v) is 6.36. The molecule has 1 aromatic carbocycles.